The highest BCUT2D eigenvalue weighted by Crippen LogP contribution is 2.24. The van der Waals surface area contributed by atoms with E-state index in [1.165, 1.54) is 0 Å². The van der Waals surface area contributed by atoms with Crippen molar-refractivity contribution in [2.24, 2.45) is 0 Å². The summed E-state index contributed by atoms with van der Waals surface area (Å²) in [6.07, 6.45) is 2.12. The topological polar surface area (TPSA) is 59.5 Å². The maximum absolute atomic E-state index is 11.9. The average molecular weight is 256 g/mol. The summed E-state index contributed by atoms with van der Waals surface area (Å²) in [6.45, 7) is 0.426. The van der Waals surface area contributed by atoms with Crippen LogP contribution in [0.3, 0.4) is 0 Å². The minimum absolute atomic E-state index is 0.182. The van der Waals surface area contributed by atoms with E-state index < -0.39 is 6.09 Å². The number of para-hydroxylation sites is 1. The molecule has 2 aromatic rings. The SMILES string of the molecule is O=C1CCCN1C(=O)Oc1cccc2cccnc12. The first kappa shape index (κ1) is 11.6. The van der Waals surface area contributed by atoms with E-state index in [4.69, 9.17) is 4.74 Å². The van der Waals surface area contributed by atoms with Gasteiger partial charge in [0.15, 0.2) is 5.75 Å². The number of hydrogen-bond acceptors (Lipinski definition) is 4. The van der Waals surface area contributed by atoms with Gasteiger partial charge in [-0.15, -0.1) is 0 Å². The van der Waals surface area contributed by atoms with Crippen molar-refractivity contribution in [3.63, 3.8) is 0 Å². The first-order valence-corrected chi connectivity index (χ1v) is 6.11. The zero-order valence-electron chi connectivity index (χ0n) is 10.2. The van der Waals surface area contributed by atoms with Gasteiger partial charge in [0, 0.05) is 24.5 Å². The summed E-state index contributed by atoms with van der Waals surface area (Å²) in [5.74, 6) is 0.195. The lowest BCUT2D eigenvalue weighted by molar-refractivity contribution is -0.125. The molecule has 0 aliphatic carbocycles. The zero-order chi connectivity index (χ0) is 13.2. The summed E-state index contributed by atoms with van der Waals surface area (Å²) >= 11 is 0. The summed E-state index contributed by atoms with van der Waals surface area (Å²) in [6, 6.07) is 9.06. The predicted molar refractivity (Wildman–Crippen MR) is 68.7 cm³/mol. The minimum Gasteiger partial charge on any atom is -0.408 e. The van der Waals surface area contributed by atoms with E-state index in [-0.39, 0.29) is 5.91 Å². The van der Waals surface area contributed by atoms with Crippen molar-refractivity contribution in [1.29, 1.82) is 0 Å². The summed E-state index contributed by atoms with van der Waals surface area (Å²) in [5.41, 5.74) is 0.616. The number of amides is 2. The van der Waals surface area contributed by atoms with Crippen LogP contribution in [0.2, 0.25) is 0 Å². The van der Waals surface area contributed by atoms with E-state index in [9.17, 15) is 9.59 Å². The van der Waals surface area contributed by atoms with Crippen LogP contribution in [0.25, 0.3) is 10.9 Å². The smallest absolute Gasteiger partial charge is 0.408 e. The number of carbonyl (C=O) groups excluding carboxylic acids is 2. The number of carbonyl (C=O) groups is 2. The first-order valence-electron chi connectivity index (χ1n) is 6.11. The predicted octanol–water partition coefficient (Wildman–Crippen LogP) is 2.36. The van der Waals surface area contributed by atoms with Gasteiger partial charge in [-0.25, -0.2) is 9.69 Å². The number of pyridine rings is 1. The molecule has 2 amide bonds. The van der Waals surface area contributed by atoms with Gasteiger partial charge in [0.25, 0.3) is 0 Å². The van der Waals surface area contributed by atoms with Crippen LogP contribution in [0.5, 0.6) is 5.75 Å². The van der Waals surface area contributed by atoms with Crippen molar-refractivity contribution in [2.75, 3.05) is 6.54 Å². The van der Waals surface area contributed by atoms with Gasteiger partial charge in [0.1, 0.15) is 5.52 Å². The molecule has 0 radical (unpaired) electrons. The van der Waals surface area contributed by atoms with Crippen molar-refractivity contribution in [2.45, 2.75) is 12.8 Å². The van der Waals surface area contributed by atoms with Gasteiger partial charge in [-0.1, -0.05) is 18.2 Å². The van der Waals surface area contributed by atoms with Gasteiger partial charge in [-0.2, -0.15) is 0 Å². The number of fused-ring (bicyclic) bond motifs is 1. The second-order valence-electron chi connectivity index (χ2n) is 4.35. The molecule has 1 saturated heterocycles. The lowest BCUT2D eigenvalue weighted by atomic mass is 10.2. The second-order valence-corrected chi connectivity index (χ2v) is 4.35. The van der Waals surface area contributed by atoms with Crippen molar-refractivity contribution in [3.8, 4) is 5.75 Å². The largest absolute Gasteiger partial charge is 0.422 e. The first-order chi connectivity index (χ1) is 9.25. The number of aromatic nitrogens is 1. The number of likely N-dealkylation sites (tertiary alicyclic amines) is 1. The molecule has 96 valence electrons. The molecular weight excluding hydrogens is 244 g/mol. The molecule has 0 atom stereocenters. The van der Waals surface area contributed by atoms with Crippen molar-refractivity contribution in [3.05, 3.63) is 36.5 Å². The Morgan fingerprint density at radius 3 is 2.89 bits per heavy atom. The number of rotatable bonds is 1. The molecule has 0 spiro atoms. The molecule has 0 saturated carbocycles. The molecule has 1 aliphatic heterocycles. The second kappa shape index (κ2) is 4.68. The fraction of sp³-hybridized carbons (Fsp3) is 0.214. The van der Waals surface area contributed by atoms with Crippen LogP contribution < -0.4 is 4.74 Å². The molecule has 5 heteroatoms. The molecule has 2 heterocycles. The molecule has 1 aromatic carbocycles. The lowest BCUT2D eigenvalue weighted by Crippen LogP contribution is -2.34. The molecule has 5 nitrogen and oxygen atoms in total. The Morgan fingerprint density at radius 2 is 2.11 bits per heavy atom. The molecule has 1 aromatic heterocycles. The van der Waals surface area contributed by atoms with Crippen LogP contribution in [0.15, 0.2) is 36.5 Å². The van der Waals surface area contributed by atoms with Crippen LogP contribution in [0.1, 0.15) is 12.8 Å². The standard InChI is InChI=1S/C14H12N2O3/c17-12-7-3-9-16(12)14(18)19-11-6-1-4-10-5-2-8-15-13(10)11/h1-2,4-6,8H,3,7,9H2. The van der Waals surface area contributed by atoms with Gasteiger partial charge >= 0.3 is 6.09 Å². The molecule has 0 unspecified atom stereocenters. The number of nitrogens with zero attached hydrogens (tertiary/aromatic N) is 2. The average Bonchev–Trinajstić information content (AvgIpc) is 2.85. The van der Waals surface area contributed by atoms with E-state index in [1.54, 1.807) is 18.3 Å². The Morgan fingerprint density at radius 1 is 1.26 bits per heavy atom. The van der Waals surface area contributed by atoms with E-state index >= 15 is 0 Å². The van der Waals surface area contributed by atoms with Gasteiger partial charge in [0.05, 0.1) is 0 Å². The summed E-state index contributed by atoms with van der Waals surface area (Å²) in [4.78, 5) is 28.7. The number of hydrogen-bond donors (Lipinski definition) is 0. The molecule has 0 N–H and O–H groups in total. The number of imide groups is 1. The molecule has 3 rings (SSSR count). The van der Waals surface area contributed by atoms with Gasteiger partial charge in [-0.3, -0.25) is 9.78 Å². The summed E-state index contributed by atoms with van der Waals surface area (Å²) in [7, 11) is 0. The fourth-order valence-corrected chi connectivity index (χ4v) is 2.15. The van der Waals surface area contributed by atoms with Crippen LogP contribution >= 0.6 is 0 Å². The van der Waals surface area contributed by atoms with Crippen molar-refractivity contribution in [1.82, 2.24) is 9.88 Å². The van der Waals surface area contributed by atoms with E-state index in [0.717, 1.165) is 10.3 Å². The Bertz CT molecular complexity index is 649. The normalized spacial score (nSPS) is 14.9. The van der Waals surface area contributed by atoms with Crippen LogP contribution in [-0.4, -0.2) is 28.4 Å². The Kier molecular flexibility index (Phi) is 2.87. The maximum Gasteiger partial charge on any atom is 0.422 e. The van der Waals surface area contributed by atoms with Crippen molar-refractivity contribution < 1.29 is 14.3 Å². The minimum atomic E-state index is -0.624. The van der Waals surface area contributed by atoms with Gasteiger partial charge in [-0.05, 0) is 18.6 Å². The highest BCUT2D eigenvalue weighted by atomic mass is 16.6. The Hall–Kier alpha value is -2.43. The quantitative estimate of drug-likeness (QED) is 0.785. The number of benzene rings is 1. The van der Waals surface area contributed by atoms with E-state index in [2.05, 4.69) is 4.98 Å². The molecule has 19 heavy (non-hydrogen) atoms. The van der Waals surface area contributed by atoms with Gasteiger partial charge in [0.2, 0.25) is 5.91 Å². The zero-order valence-corrected chi connectivity index (χ0v) is 10.2. The Labute approximate surface area is 109 Å². The third kappa shape index (κ3) is 2.14. The highest BCUT2D eigenvalue weighted by Gasteiger charge is 2.28. The van der Waals surface area contributed by atoms with Crippen molar-refractivity contribution >= 4 is 22.9 Å². The summed E-state index contributed by atoms with van der Waals surface area (Å²) < 4.78 is 5.29. The molecule has 1 aliphatic rings. The lowest BCUT2D eigenvalue weighted by Gasteiger charge is -2.13. The third-order valence-corrected chi connectivity index (χ3v) is 3.09. The molecular formula is C14H12N2O3. The van der Waals surface area contributed by atoms with Gasteiger partial charge < -0.3 is 4.74 Å². The summed E-state index contributed by atoms with van der Waals surface area (Å²) in [5, 5.41) is 0.889. The van der Waals surface area contributed by atoms with Crippen LogP contribution in [0.4, 0.5) is 4.79 Å². The van der Waals surface area contributed by atoms with E-state index in [0.29, 0.717) is 30.7 Å². The van der Waals surface area contributed by atoms with Crippen LogP contribution in [0, 0.1) is 0 Å². The monoisotopic (exact) mass is 256 g/mol. The van der Waals surface area contributed by atoms with E-state index in [1.807, 2.05) is 18.2 Å². The molecule has 0 bridgehead atoms. The number of ether oxygens (including phenoxy) is 1. The highest BCUT2D eigenvalue weighted by molar-refractivity contribution is 5.95. The van der Waals surface area contributed by atoms with Crippen LogP contribution in [-0.2, 0) is 4.79 Å². The Balaban J connectivity index is 1.89. The molecule has 1 fully saturated rings. The fourth-order valence-electron chi connectivity index (χ4n) is 2.15. The third-order valence-electron chi connectivity index (χ3n) is 3.09. The maximum atomic E-state index is 11.9.